The molecule has 1 atom stereocenters. The highest BCUT2D eigenvalue weighted by Crippen LogP contribution is 2.21. The molecule has 2 aromatic carbocycles. The zero-order valence-electron chi connectivity index (χ0n) is 14.8. The van der Waals surface area contributed by atoms with Crippen LogP contribution in [0.25, 0.3) is 10.9 Å². The van der Waals surface area contributed by atoms with E-state index in [1.807, 2.05) is 67.7 Å². The van der Waals surface area contributed by atoms with Crippen LogP contribution in [0.4, 0.5) is 0 Å². The molecular formula is C21H23N3O2. The number of carbonyl (C=O) groups excluding carboxylic acids is 2. The molecule has 0 aliphatic heterocycles. The lowest BCUT2D eigenvalue weighted by molar-refractivity contribution is -0.129. The van der Waals surface area contributed by atoms with Crippen LogP contribution in [-0.2, 0) is 16.0 Å². The zero-order valence-corrected chi connectivity index (χ0v) is 14.8. The molecule has 0 bridgehead atoms. The second-order valence-corrected chi connectivity index (χ2v) is 6.33. The molecular weight excluding hydrogens is 326 g/mol. The van der Waals surface area contributed by atoms with Crippen molar-refractivity contribution >= 4 is 22.7 Å². The van der Waals surface area contributed by atoms with Crippen molar-refractivity contribution in [2.45, 2.75) is 32.1 Å². The fourth-order valence-corrected chi connectivity index (χ4v) is 3.14. The van der Waals surface area contributed by atoms with Crippen LogP contribution in [0.2, 0.25) is 0 Å². The molecule has 0 saturated carbocycles. The van der Waals surface area contributed by atoms with Crippen molar-refractivity contribution in [1.29, 1.82) is 0 Å². The van der Waals surface area contributed by atoms with Gasteiger partial charge in [-0.2, -0.15) is 0 Å². The highest BCUT2D eigenvalue weighted by molar-refractivity contribution is 5.90. The monoisotopic (exact) mass is 349 g/mol. The van der Waals surface area contributed by atoms with E-state index in [2.05, 4.69) is 15.8 Å². The van der Waals surface area contributed by atoms with Gasteiger partial charge >= 0.3 is 0 Å². The number of hydrogen-bond donors (Lipinski definition) is 3. The number of aromatic amines is 1. The van der Waals surface area contributed by atoms with Gasteiger partial charge < -0.3 is 4.98 Å². The largest absolute Gasteiger partial charge is 0.361 e. The Kier molecular flexibility index (Phi) is 5.69. The van der Waals surface area contributed by atoms with Gasteiger partial charge in [0.1, 0.15) is 0 Å². The van der Waals surface area contributed by atoms with E-state index < -0.39 is 0 Å². The number of carbonyl (C=O) groups is 2. The molecule has 0 spiro atoms. The first-order valence-corrected chi connectivity index (χ1v) is 8.87. The van der Waals surface area contributed by atoms with Crippen molar-refractivity contribution in [2.24, 2.45) is 0 Å². The van der Waals surface area contributed by atoms with Gasteiger partial charge in [-0.1, -0.05) is 61.9 Å². The predicted molar refractivity (Wildman–Crippen MR) is 102 cm³/mol. The number of para-hydroxylation sites is 1. The molecule has 3 N–H and O–H groups in total. The van der Waals surface area contributed by atoms with E-state index >= 15 is 0 Å². The average Bonchev–Trinajstić information content (AvgIpc) is 3.08. The van der Waals surface area contributed by atoms with E-state index in [0.717, 1.165) is 34.9 Å². The lowest BCUT2D eigenvalue weighted by Crippen LogP contribution is -2.44. The number of hydrazine groups is 1. The molecule has 0 radical (unpaired) electrons. The molecule has 3 rings (SSSR count). The summed E-state index contributed by atoms with van der Waals surface area (Å²) in [6, 6.07) is 17.5. The molecule has 2 amide bonds. The number of rotatable bonds is 6. The van der Waals surface area contributed by atoms with E-state index in [1.165, 1.54) is 0 Å². The summed E-state index contributed by atoms with van der Waals surface area (Å²) in [4.78, 5) is 27.9. The number of amides is 2. The minimum absolute atomic E-state index is 0.190. The number of hydrogen-bond acceptors (Lipinski definition) is 2. The summed E-state index contributed by atoms with van der Waals surface area (Å²) in [5.41, 5.74) is 7.97. The van der Waals surface area contributed by atoms with Crippen LogP contribution in [0.1, 0.15) is 36.8 Å². The third-order valence-corrected chi connectivity index (χ3v) is 4.45. The molecule has 5 heteroatoms. The third-order valence-electron chi connectivity index (χ3n) is 4.45. The number of H-pyrrole nitrogens is 1. The SMILES string of the molecule is CCCC(C(=O)NNC(=O)Cc1c[nH]c2ccccc12)c1ccccc1. The Morgan fingerprint density at radius 1 is 1.00 bits per heavy atom. The van der Waals surface area contributed by atoms with Gasteiger partial charge in [-0.3, -0.25) is 20.4 Å². The fourth-order valence-electron chi connectivity index (χ4n) is 3.14. The van der Waals surface area contributed by atoms with Crippen molar-refractivity contribution < 1.29 is 9.59 Å². The van der Waals surface area contributed by atoms with Gasteiger partial charge in [0, 0.05) is 17.1 Å². The van der Waals surface area contributed by atoms with Crippen molar-refractivity contribution in [1.82, 2.24) is 15.8 Å². The molecule has 5 nitrogen and oxygen atoms in total. The van der Waals surface area contributed by atoms with Crippen molar-refractivity contribution in [3.63, 3.8) is 0 Å². The van der Waals surface area contributed by atoms with Crippen LogP contribution in [0.15, 0.2) is 60.8 Å². The Morgan fingerprint density at radius 2 is 1.73 bits per heavy atom. The van der Waals surface area contributed by atoms with Crippen LogP contribution < -0.4 is 10.9 Å². The Balaban J connectivity index is 1.60. The zero-order chi connectivity index (χ0) is 18.4. The molecule has 134 valence electrons. The third kappa shape index (κ3) is 4.11. The Labute approximate surface area is 152 Å². The Bertz CT molecular complexity index is 886. The van der Waals surface area contributed by atoms with Crippen LogP contribution >= 0.6 is 0 Å². The van der Waals surface area contributed by atoms with E-state index in [4.69, 9.17) is 0 Å². The lowest BCUT2D eigenvalue weighted by Gasteiger charge is -2.17. The van der Waals surface area contributed by atoms with E-state index in [0.29, 0.717) is 0 Å². The second kappa shape index (κ2) is 8.34. The minimum atomic E-state index is -0.269. The summed E-state index contributed by atoms with van der Waals surface area (Å²) in [6.45, 7) is 2.04. The predicted octanol–water partition coefficient (Wildman–Crippen LogP) is 3.44. The Hall–Kier alpha value is -3.08. The molecule has 0 aliphatic rings. The van der Waals surface area contributed by atoms with Crippen LogP contribution in [0.3, 0.4) is 0 Å². The van der Waals surface area contributed by atoms with Crippen molar-refractivity contribution in [2.75, 3.05) is 0 Å². The smallest absolute Gasteiger partial charge is 0.245 e. The minimum Gasteiger partial charge on any atom is -0.361 e. The van der Waals surface area contributed by atoms with Gasteiger partial charge in [0.15, 0.2) is 0 Å². The van der Waals surface area contributed by atoms with Crippen LogP contribution in [0.5, 0.6) is 0 Å². The first-order valence-electron chi connectivity index (χ1n) is 8.87. The quantitative estimate of drug-likeness (QED) is 0.596. The molecule has 1 heterocycles. The molecule has 26 heavy (non-hydrogen) atoms. The van der Waals surface area contributed by atoms with Gasteiger partial charge in [-0.25, -0.2) is 0 Å². The van der Waals surface area contributed by atoms with Crippen molar-refractivity contribution in [3.05, 3.63) is 71.9 Å². The first-order chi connectivity index (χ1) is 12.7. The summed E-state index contributed by atoms with van der Waals surface area (Å²) in [6.07, 6.45) is 3.65. The summed E-state index contributed by atoms with van der Waals surface area (Å²) in [5, 5.41) is 1.02. The Morgan fingerprint density at radius 3 is 2.50 bits per heavy atom. The number of fused-ring (bicyclic) bond motifs is 1. The number of benzene rings is 2. The molecule has 0 saturated heterocycles. The molecule has 3 aromatic rings. The summed E-state index contributed by atoms with van der Waals surface area (Å²) in [5.74, 6) is -0.702. The van der Waals surface area contributed by atoms with Gasteiger partial charge in [0.2, 0.25) is 11.8 Å². The van der Waals surface area contributed by atoms with Crippen molar-refractivity contribution in [3.8, 4) is 0 Å². The van der Waals surface area contributed by atoms with Gasteiger partial charge in [-0.15, -0.1) is 0 Å². The maximum Gasteiger partial charge on any atom is 0.245 e. The molecule has 0 aliphatic carbocycles. The molecule has 1 aromatic heterocycles. The van der Waals surface area contributed by atoms with Crippen LogP contribution in [-0.4, -0.2) is 16.8 Å². The van der Waals surface area contributed by atoms with Crippen LogP contribution in [0, 0.1) is 0 Å². The number of aromatic nitrogens is 1. The molecule has 1 unspecified atom stereocenters. The lowest BCUT2D eigenvalue weighted by atomic mass is 9.94. The van der Waals surface area contributed by atoms with Gasteiger partial charge in [-0.05, 0) is 23.6 Å². The summed E-state index contributed by atoms with van der Waals surface area (Å²) in [7, 11) is 0. The first kappa shape index (κ1) is 17.7. The van der Waals surface area contributed by atoms with Gasteiger partial charge in [0.25, 0.3) is 0 Å². The fraction of sp³-hybridized carbons (Fsp3) is 0.238. The van der Waals surface area contributed by atoms with E-state index in [-0.39, 0.29) is 24.2 Å². The highest BCUT2D eigenvalue weighted by atomic mass is 16.2. The number of nitrogens with one attached hydrogen (secondary N) is 3. The maximum absolute atomic E-state index is 12.5. The maximum atomic E-state index is 12.5. The average molecular weight is 349 g/mol. The normalized spacial score (nSPS) is 11.9. The summed E-state index contributed by atoms with van der Waals surface area (Å²) >= 11 is 0. The second-order valence-electron chi connectivity index (χ2n) is 6.33. The van der Waals surface area contributed by atoms with E-state index in [1.54, 1.807) is 0 Å². The standard InChI is InChI=1S/C21H23N3O2/c1-2-8-18(15-9-4-3-5-10-15)21(26)24-23-20(25)13-16-14-22-19-12-7-6-11-17(16)19/h3-7,9-12,14,18,22H,2,8,13H2,1H3,(H,23,25)(H,24,26). The van der Waals surface area contributed by atoms with Gasteiger partial charge in [0.05, 0.1) is 12.3 Å². The topological polar surface area (TPSA) is 74.0 Å². The summed E-state index contributed by atoms with van der Waals surface area (Å²) < 4.78 is 0. The molecule has 0 fully saturated rings. The van der Waals surface area contributed by atoms with E-state index in [9.17, 15) is 9.59 Å². The highest BCUT2D eigenvalue weighted by Gasteiger charge is 2.20.